The third-order valence-electron chi connectivity index (χ3n) is 9.08. The van der Waals surface area contributed by atoms with Gasteiger partial charge in [0.05, 0.1) is 30.4 Å². The van der Waals surface area contributed by atoms with E-state index in [9.17, 15) is 39.8 Å². The van der Waals surface area contributed by atoms with Crippen LogP contribution in [0.5, 0.6) is 5.75 Å². The van der Waals surface area contributed by atoms with Crippen LogP contribution in [0.1, 0.15) is 47.8 Å². The number of hydrogen-bond donors (Lipinski definition) is 6. The number of nitrogens with zero attached hydrogens (tertiary/aromatic N) is 1. The first-order valence-electron chi connectivity index (χ1n) is 15.2. The molecule has 4 aromatic carbocycles. The summed E-state index contributed by atoms with van der Waals surface area (Å²) in [5, 5.41) is 63.3. The fourth-order valence-corrected chi connectivity index (χ4v) is 6.61. The van der Waals surface area contributed by atoms with Crippen LogP contribution in [0.2, 0.25) is 0 Å². The molecular weight excluding hydrogens is 593 g/mol. The first kappa shape index (κ1) is 31.8. The number of phenols is 1. The van der Waals surface area contributed by atoms with Gasteiger partial charge in [-0.1, -0.05) is 78.9 Å². The van der Waals surface area contributed by atoms with Gasteiger partial charge in [-0.05, 0) is 53.3 Å². The minimum Gasteiger partial charge on any atom is -0.508 e. The van der Waals surface area contributed by atoms with Crippen LogP contribution < -0.4 is 4.90 Å². The zero-order valence-corrected chi connectivity index (χ0v) is 24.8. The number of para-hydroxylation sites is 1. The Kier molecular flexibility index (Phi) is 9.19. The molecule has 2 saturated heterocycles. The molecule has 2 aliphatic heterocycles. The Hall–Kier alpha value is -4.16. The van der Waals surface area contributed by atoms with Crippen molar-refractivity contribution >= 4 is 11.6 Å². The summed E-state index contributed by atoms with van der Waals surface area (Å²) in [7, 11) is 0. The normalized spacial score (nSPS) is 26.9. The van der Waals surface area contributed by atoms with E-state index in [-0.39, 0.29) is 23.8 Å². The van der Waals surface area contributed by atoms with Gasteiger partial charge in [0.25, 0.3) is 0 Å². The van der Waals surface area contributed by atoms with Gasteiger partial charge in [0.1, 0.15) is 42.1 Å². The van der Waals surface area contributed by atoms with Gasteiger partial charge >= 0.3 is 0 Å². The molecule has 46 heavy (non-hydrogen) atoms. The van der Waals surface area contributed by atoms with Crippen molar-refractivity contribution < 1.29 is 44.6 Å². The van der Waals surface area contributed by atoms with Crippen LogP contribution in [0.25, 0.3) is 11.1 Å². The van der Waals surface area contributed by atoms with E-state index in [1.54, 1.807) is 42.5 Å². The van der Waals surface area contributed by atoms with Crippen LogP contribution in [0, 0.1) is 11.7 Å². The van der Waals surface area contributed by atoms with Crippen molar-refractivity contribution in [1.82, 2.24) is 0 Å². The molecule has 2 heterocycles. The number of aromatic hydroxyl groups is 1. The van der Waals surface area contributed by atoms with Crippen molar-refractivity contribution in [3.8, 4) is 16.9 Å². The smallest absolute Gasteiger partial charge is 0.233 e. The van der Waals surface area contributed by atoms with Gasteiger partial charge in [0.2, 0.25) is 5.91 Å². The molecular formula is C36H36FNO8. The molecule has 10 heteroatoms. The van der Waals surface area contributed by atoms with Gasteiger partial charge in [-0.25, -0.2) is 4.39 Å². The lowest BCUT2D eigenvalue weighted by molar-refractivity contribution is -0.231. The lowest BCUT2D eigenvalue weighted by atomic mass is 9.77. The molecule has 0 radical (unpaired) electrons. The fourth-order valence-electron chi connectivity index (χ4n) is 6.61. The molecule has 4 aromatic rings. The molecule has 9 nitrogen and oxygen atoms in total. The maximum Gasteiger partial charge on any atom is 0.233 e. The Morgan fingerprint density at radius 1 is 0.826 bits per heavy atom. The second kappa shape index (κ2) is 13.3. The topological polar surface area (TPSA) is 151 Å². The second-order valence-electron chi connectivity index (χ2n) is 11.8. The van der Waals surface area contributed by atoms with E-state index >= 15 is 0 Å². The highest BCUT2D eigenvalue weighted by molar-refractivity contribution is 6.03. The molecule has 0 spiro atoms. The summed E-state index contributed by atoms with van der Waals surface area (Å²) in [6.45, 7) is -0.568. The van der Waals surface area contributed by atoms with Crippen molar-refractivity contribution in [3.05, 3.63) is 120 Å². The zero-order chi connectivity index (χ0) is 32.5. The molecule has 240 valence electrons. The largest absolute Gasteiger partial charge is 0.508 e. The maximum atomic E-state index is 15.0. The number of rotatable bonds is 9. The Bertz CT molecular complexity index is 1680. The molecule has 1 amide bonds. The number of aliphatic hydroxyl groups excluding tert-OH is 5. The number of hydrogen-bond acceptors (Lipinski definition) is 8. The number of carbonyl (C=O) groups excluding carboxylic acids is 1. The number of anilines is 1. The second-order valence-corrected chi connectivity index (χ2v) is 11.8. The van der Waals surface area contributed by atoms with Crippen molar-refractivity contribution in [2.24, 2.45) is 5.92 Å². The first-order chi connectivity index (χ1) is 22.2. The van der Waals surface area contributed by atoms with Gasteiger partial charge in [-0.3, -0.25) is 4.79 Å². The van der Waals surface area contributed by atoms with Crippen LogP contribution >= 0.6 is 0 Å². The number of benzene rings is 4. The average Bonchev–Trinajstić information content (AvgIpc) is 3.07. The van der Waals surface area contributed by atoms with Crippen LogP contribution in [0.15, 0.2) is 97.1 Å². The van der Waals surface area contributed by atoms with Gasteiger partial charge in [0, 0.05) is 5.56 Å². The predicted octanol–water partition coefficient (Wildman–Crippen LogP) is 3.93. The molecule has 6 rings (SSSR count). The molecule has 2 aliphatic rings. The van der Waals surface area contributed by atoms with Crippen molar-refractivity contribution in [3.63, 3.8) is 0 Å². The molecule has 0 unspecified atom stereocenters. The molecule has 0 bridgehead atoms. The summed E-state index contributed by atoms with van der Waals surface area (Å²) in [5.41, 5.74) is 2.78. The Morgan fingerprint density at radius 2 is 1.52 bits per heavy atom. The summed E-state index contributed by atoms with van der Waals surface area (Å²) in [4.78, 5) is 14.8. The number of ether oxygens (including phenoxy) is 1. The van der Waals surface area contributed by atoms with Crippen LogP contribution in [0.3, 0.4) is 0 Å². The highest BCUT2D eigenvalue weighted by Crippen LogP contribution is 2.50. The molecule has 6 N–H and O–H groups in total. The number of β-lactam (4-membered cyclic amide) rings is 1. The van der Waals surface area contributed by atoms with Crippen molar-refractivity contribution in [2.75, 3.05) is 11.5 Å². The van der Waals surface area contributed by atoms with Crippen LogP contribution in [-0.2, 0) is 9.53 Å². The van der Waals surface area contributed by atoms with Gasteiger partial charge < -0.3 is 40.3 Å². The third-order valence-corrected chi connectivity index (χ3v) is 9.08. The summed E-state index contributed by atoms with van der Waals surface area (Å²) in [5.74, 6) is -1.66. The molecule has 0 saturated carbocycles. The number of phenolic OH excluding ortho intramolecular Hbond substituents is 1. The quantitative estimate of drug-likeness (QED) is 0.153. The Labute approximate surface area is 265 Å². The number of halogens is 1. The van der Waals surface area contributed by atoms with E-state index in [1.807, 2.05) is 30.3 Å². The number of carbonyl (C=O) groups is 1. The maximum absolute atomic E-state index is 15.0. The van der Waals surface area contributed by atoms with Gasteiger partial charge in [0.15, 0.2) is 0 Å². The SMILES string of the molecule is O=C1[C@H](CC[C@H](O)c2ccccc2)[C@@H](c2ccc(-c3ccccc3[C@@H]3O[C@H](CO)[C@@H](O)[C@H](O)[C@H]3O)cc2O)N1c1ccccc1F. The molecule has 2 fully saturated rings. The first-order valence-corrected chi connectivity index (χ1v) is 15.2. The van der Waals surface area contributed by atoms with E-state index in [2.05, 4.69) is 0 Å². The Balaban J connectivity index is 1.33. The lowest BCUT2D eigenvalue weighted by Crippen LogP contribution is -2.55. The summed E-state index contributed by atoms with van der Waals surface area (Å²) in [6, 6.07) is 26.2. The van der Waals surface area contributed by atoms with Gasteiger partial charge in [-0.2, -0.15) is 0 Å². The highest BCUT2D eigenvalue weighted by atomic mass is 19.1. The fraction of sp³-hybridized carbons (Fsp3) is 0.306. The van der Waals surface area contributed by atoms with Gasteiger partial charge in [-0.15, -0.1) is 0 Å². The highest BCUT2D eigenvalue weighted by Gasteiger charge is 2.50. The third kappa shape index (κ3) is 5.79. The summed E-state index contributed by atoms with van der Waals surface area (Å²) < 4.78 is 20.8. The van der Waals surface area contributed by atoms with E-state index < -0.39 is 61.0 Å². The van der Waals surface area contributed by atoms with Crippen molar-refractivity contribution in [1.29, 1.82) is 0 Å². The molecule has 0 aromatic heterocycles. The van der Waals surface area contributed by atoms with E-state index in [0.29, 0.717) is 28.7 Å². The minimum absolute atomic E-state index is 0.0915. The average molecular weight is 630 g/mol. The van der Waals surface area contributed by atoms with E-state index in [0.717, 1.165) is 5.56 Å². The van der Waals surface area contributed by atoms with E-state index in [1.165, 1.54) is 29.2 Å². The number of amides is 1. The monoisotopic (exact) mass is 629 g/mol. The van der Waals surface area contributed by atoms with Crippen LogP contribution in [0.4, 0.5) is 10.1 Å². The standard InChI is InChI=1S/C36H36FNO8/c37-26-12-6-7-13-27(26)38-31(25(36(38)45)16-17-28(40)20-8-2-1-3-9-20)24-15-14-21(18-29(24)41)22-10-4-5-11-23(22)35-34(44)33(43)32(42)30(19-39)46-35/h1-15,18,25,28,30-35,39-44H,16-17,19H2/t25-,28+,30-,31-,32-,33+,34-,35+/m1/s1. The molecule has 8 atom stereocenters. The summed E-state index contributed by atoms with van der Waals surface area (Å²) >= 11 is 0. The molecule has 0 aliphatic carbocycles. The Morgan fingerprint density at radius 3 is 2.24 bits per heavy atom. The summed E-state index contributed by atoms with van der Waals surface area (Å²) in [6.07, 6.45) is -6.95. The predicted molar refractivity (Wildman–Crippen MR) is 167 cm³/mol. The minimum atomic E-state index is -1.56. The van der Waals surface area contributed by atoms with Crippen molar-refractivity contribution in [2.45, 2.75) is 55.5 Å². The van der Waals surface area contributed by atoms with E-state index in [4.69, 9.17) is 4.74 Å². The van der Waals surface area contributed by atoms with Crippen LogP contribution in [-0.4, -0.2) is 67.6 Å². The lowest BCUT2D eigenvalue weighted by Gasteiger charge is -2.48. The zero-order valence-electron chi connectivity index (χ0n) is 24.8. The number of aliphatic hydroxyl groups is 5.